The third kappa shape index (κ3) is 3.42. The van der Waals surface area contributed by atoms with E-state index in [1.165, 1.54) is 21.6 Å². The molecule has 1 fully saturated rings. The highest BCUT2D eigenvalue weighted by Gasteiger charge is 2.48. The minimum atomic E-state index is -0.774. The number of nitrogens with one attached hydrogen (secondary N) is 1. The molecule has 8 nitrogen and oxygen atoms in total. The second-order valence-electron chi connectivity index (χ2n) is 5.65. The fraction of sp³-hybridized carbons (Fsp3) is 0.333. The number of hydrogen-bond donors (Lipinski definition) is 2. The molecule has 132 valence electrons. The standard InChI is InChI=1S/C15H16ClN5O3S/c1-20-12-11(13(23)19-14(20)24)21(6-10(17)22)15(18-12)25-7-8-4-2-3-5-9(8)16/h2-5,11-12H,6-7H2,1H3,(H2,17,22)(H,19,23,24). The lowest BCUT2D eigenvalue weighted by atomic mass is 10.1. The van der Waals surface area contributed by atoms with Crippen molar-refractivity contribution in [3.8, 4) is 0 Å². The van der Waals surface area contributed by atoms with E-state index in [1.54, 1.807) is 13.1 Å². The zero-order valence-electron chi connectivity index (χ0n) is 13.3. The highest BCUT2D eigenvalue weighted by molar-refractivity contribution is 8.13. The van der Waals surface area contributed by atoms with Gasteiger partial charge in [0.2, 0.25) is 5.91 Å². The molecule has 2 atom stereocenters. The largest absolute Gasteiger partial charge is 0.368 e. The minimum absolute atomic E-state index is 0.162. The van der Waals surface area contributed by atoms with Crippen LogP contribution in [0.3, 0.4) is 0 Å². The molecule has 0 saturated carbocycles. The van der Waals surface area contributed by atoms with Gasteiger partial charge in [-0.15, -0.1) is 0 Å². The van der Waals surface area contributed by atoms with Crippen LogP contribution in [0.1, 0.15) is 5.56 Å². The number of urea groups is 1. The Bertz CT molecular complexity index is 771. The summed E-state index contributed by atoms with van der Waals surface area (Å²) in [5, 5.41) is 3.36. The Morgan fingerprint density at radius 1 is 1.40 bits per heavy atom. The molecular weight excluding hydrogens is 366 g/mol. The van der Waals surface area contributed by atoms with E-state index in [0.717, 1.165) is 5.56 Å². The molecule has 1 aromatic rings. The van der Waals surface area contributed by atoms with Crippen molar-refractivity contribution in [2.45, 2.75) is 18.0 Å². The molecule has 0 aromatic heterocycles. The van der Waals surface area contributed by atoms with Crippen molar-refractivity contribution >= 4 is 46.4 Å². The third-order valence-corrected chi connectivity index (χ3v) is 5.39. The summed E-state index contributed by atoms with van der Waals surface area (Å²) in [4.78, 5) is 42.8. The summed E-state index contributed by atoms with van der Waals surface area (Å²) in [6.45, 7) is -0.162. The van der Waals surface area contributed by atoms with Crippen LogP contribution in [0.4, 0.5) is 4.79 Å². The summed E-state index contributed by atoms with van der Waals surface area (Å²) >= 11 is 7.50. The number of likely N-dealkylation sites (N-methyl/N-ethyl adjacent to an activating group) is 1. The number of benzene rings is 1. The van der Waals surface area contributed by atoms with Crippen molar-refractivity contribution in [2.24, 2.45) is 10.7 Å². The number of imide groups is 1. The molecule has 0 spiro atoms. The first-order valence-corrected chi connectivity index (χ1v) is 8.81. The molecule has 2 aliphatic heterocycles. The number of fused-ring (bicyclic) bond motifs is 1. The fourth-order valence-corrected chi connectivity index (χ4v) is 4.06. The van der Waals surface area contributed by atoms with Crippen molar-refractivity contribution in [1.82, 2.24) is 15.1 Å². The number of primary amides is 1. The van der Waals surface area contributed by atoms with Crippen molar-refractivity contribution in [3.63, 3.8) is 0 Å². The normalized spacial score (nSPS) is 22.6. The molecule has 1 saturated heterocycles. The zero-order valence-corrected chi connectivity index (χ0v) is 14.9. The van der Waals surface area contributed by atoms with Gasteiger partial charge in [-0.1, -0.05) is 41.6 Å². The average Bonchev–Trinajstić information content (AvgIpc) is 2.90. The van der Waals surface area contributed by atoms with Crippen LogP contribution in [-0.4, -0.2) is 58.6 Å². The first-order valence-electron chi connectivity index (χ1n) is 7.45. The van der Waals surface area contributed by atoms with Gasteiger partial charge in [0.25, 0.3) is 5.91 Å². The fourth-order valence-electron chi connectivity index (χ4n) is 2.71. The van der Waals surface area contributed by atoms with E-state index in [2.05, 4.69) is 10.3 Å². The van der Waals surface area contributed by atoms with Crippen LogP contribution < -0.4 is 11.1 Å². The van der Waals surface area contributed by atoms with Crippen LogP contribution in [0.25, 0.3) is 0 Å². The van der Waals surface area contributed by atoms with Gasteiger partial charge in [-0.05, 0) is 11.6 Å². The van der Waals surface area contributed by atoms with Crippen molar-refractivity contribution in [2.75, 3.05) is 13.6 Å². The van der Waals surface area contributed by atoms with Gasteiger partial charge >= 0.3 is 6.03 Å². The second-order valence-corrected chi connectivity index (χ2v) is 7.00. The molecule has 3 rings (SSSR count). The lowest BCUT2D eigenvalue weighted by molar-refractivity contribution is -0.128. The van der Waals surface area contributed by atoms with Gasteiger partial charge < -0.3 is 15.5 Å². The summed E-state index contributed by atoms with van der Waals surface area (Å²) in [5.41, 5.74) is 6.22. The zero-order chi connectivity index (χ0) is 18.1. The van der Waals surface area contributed by atoms with Gasteiger partial charge in [-0.3, -0.25) is 14.9 Å². The summed E-state index contributed by atoms with van der Waals surface area (Å²) in [6.07, 6.45) is -0.686. The number of carbonyl (C=O) groups excluding carboxylic acids is 3. The van der Waals surface area contributed by atoms with Gasteiger partial charge in [-0.2, -0.15) is 0 Å². The topological polar surface area (TPSA) is 108 Å². The number of amidine groups is 1. The van der Waals surface area contributed by atoms with Crippen molar-refractivity contribution < 1.29 is 14.4 Å². The number of hydrogen-bond acceptors (Lipinski definition) is 6. The second kappa shape index (κ2) is 6.93. The molecule has 2 unspecified atom stereocenters. The third-order valence-electron chi connectivity index (χ3n) is 3.96. The van der Waals surface area contributed by atoms with E-state index >= 15 is 0 Å². The maximum Gasteiger partial charge on any atom is 0.325 e. The van der Waals surface area contributed by atoms with Gasteiger partial charge in [-0.25, -0.2) is 9.79 Å². The first-order chi connectivity index (χ1) is 11.9. The number of carbonyl (C=O) groups is 3. The lowest BCUT2D eigenvalue weighted by Crippen LogP contribution is -2.64. The molecule has 0 aliphatic carbocycles. The Morgan fingerprint density at radius 3 is 2.80 bits per heavy atom. The molecular formula is C15H16ClN5O3S. The Kier molecular flexibility index (Phi) is 4.87. The Balaban J connectivity index is 1.84. The Labute approximate surface area is 153 Å². The van der Waals surface area contributed by atoms with E-state index in [0.29, 0.717) is 15.9 Å². The van der Waals surface area contributed by atoms with Crippen molar-refractivity contribution in [1.29, 1.82) is 0 Å². The maximum absolute atomic E-state index is 12.2. The van der Waals surface area contributed by atoms with Crippen LogP contribution >= 0.6 is 23.4 Å². The average molecular weight is 382 g/mol. The monoisotopic (exact) mass is 381 g/mol. The van der Waals surface area contributed by atoms with Gasteiger partial charge in [0.05, 0.1) is 6.54 Å². The van der Waals surface area contributed by atoms with Crippen LogP contribution in [0, 0.1) is 0 Å². The van der Waals surface area contributed by atoms with E-state index in [-0.39, 0.29) is 6.54 Å². The predicted octanol–water partition coefficient (Wildman–Crippen LogP) is 0.606. The summed E-state index contributed by atoms with van der Waals surface area (Å²) < 4.78 is 0. The number of thioether (sulfide) groups is 1. The van der Waals surface area contributed by atoms with E-state index in [1.807, 2.05) is 18.2 Å². The molecule has 0 bridgehead atoms. The van der Waals surface area contributed by atoms with E-state index < -0.39 is 30.1 Å². The SMILES string of the molecule is CN1C(=O)NC(=O)C2C1N=C(SCc1ccccc1Cl)N2CC(N)=O. The highest BCUT2D eigenvalue weighted by Crippen LogP contribution is 2.30. The van der Waals surface area contributed by atoms with Crippen LogP contribution in [-0.2, 0) is 15.3 Å². The number of halogens is 1. The minimum Gasteiger partial charge on any atom is -0.368 e. The van der Waals surface area contributed by atoms with Crippen LogP contribution in [0.5, 0.6) is 0 Å². The molecule has 25 heavy (non-hydrogen) atoms. The molecule has 1 aromatic carbocycles. The number of nitrogens with zero attached hydrogens (tertiary/aromatic N) is 3. The molecule has 0 radical (unpaired) electrons. The summed E-state index contributed by atoms with van der Waals surface area (Å²) in [7, 11) is 1.55. The highest BCUT2D eigenvalue weighted by atomic mass is 35.5. The quantitative estimate of drug-likeness (QED) is 0.794. The number of aliphatic imine (C=N–C) groups is 1. The summed E-state index contributed by atoms with van der Waals surface area (Å²) in [6, 6.07) is 6.09. The van der Waals surface area contributed by atoms with Crippen LogP contribution in [0.2, 0.25) is 5.02 Å². The Morgan fingerprint density at radius 2 is 2.12 bits per heavy atom. The van der Waals surface area contributed by atoms with Crippen molar-refractivity contribution in [3.05, 3.63) is 34.9 Å². The van der Waals surface area contributed by atoms with E-state index in [4.69, 9.17) is 17.3 Å². The van der Waals surface area contributed by atoms with Gasteiger partial charge in [0.15, 0.2) is 17.4 Å². The van der Waals surface area contributed by atoms with E-state index in [9.17, 15) is 14.4 Å². The molecule has 10 heteroatoms. The molecule has 3 N–H and O–H groups in total. The van der Waals surface area contributed by atoms with Gasteiger partial charge in [0, 0.05) is 17.8 Å². The predicted molar refractivity (Wildman–Crippen MR) is 95.0 cm³/mol. The smallest absolute Gasteiger partial charge is 0.325 e. The molecule has 2 heterocycles. The first kappa shape index (κ1) is 17.6. The van der Waals surface area contributed by atoms with Crippen LogP contribution in [0.15, 0.2) is 29.3 Å². The van der Waals surface area contributed by atoms with Gasteiger partial charge in [0.1, 0.15) is 0 Å². The maximum atomic E-state index is 12.2. The molecule has 4 amide bonds. The number of amides is 4. The number of nitrogens with two attached hydrogens (primary N) is 1. The number of rotatable bonds is 4. The molecule has 2 aliphatic rings. The summed E-state index contributed by atoms with van der Waals surface area (Å²) in [5.74, 6) is -0.572. The Hall–Kier alpha value is -2.26. The lowest BCUT2D eigenvalue weighted by Gasteiger charge is -2.35.